The van der Waals surface area contributed by atoms with E-state index < -0.39 is 0 Å². The van der Waals surface area contributed by atoms with E-state index in [1.54, 1.807) is 0 Å². The van der Waals surface area contributed by atoms with Crippen LogP contribution in [0.2, 0.25) is 0 Å². The van der Waals surface area contributed by atoms with Crippen LogP contribution in [0.25, 0.3) is 0 Å². The molecule has 0 spiro atoms. The molecule has 0 unspecified atom stereocenters. The molecular weight excluding hydrogens is 382 g/mol. The van der Waals surface area contributed by atoms with Gasteiger partial charge in [-0.15, -0.1) is 0 Å². The highest BCUT2D eigenvalue weighted by Gasteiger charge is 2.26. The molecule has 0 radical (unpaired) electrons. The van der Waals surface area contributed by atoms with E-state index in [1.807, 2.05) is 30.3 Å². The second-order valence-corrected chi connectivity index (χ2v) is 7.72. The zero-order valence-electron chi connectivity index (χ0n) is 17.3. The number of aromatic nitrogens is 2. The summed E-state index contributed by atoms with van der Waals surface area (Å²) >= 11 is 0. The number of piperidine rings is 1. The number of hydrogen-bond acceptors (Lipinski definition) is 8. The Hall–Kier alpha value is -2.91. The quantitative estimate of drug-likeness (QED) is 0.686. The molecule has 2 aliphatic heterocycles. The number of nitrogens with one attached hydrogen (secondary N) is 2. The van der Waals surface area contributed by atoms with Crippen molar-refractivity contribution >= 4 is 34.9 Å². The number of amides is 1. The lowest BCUT2D eigenvalue weighted by atomic mass is 10.0. The number of carbonyl (C=O) groups excluding carboxylic acids is 1. The minimum Gasteiger partial charge on any atom is -0.379 e. The number of hydrogen-bond donors (Lipinski definition) is 3. The van der Waals surface area contributed by atoms with Gasteiger partial charge in [0.25, 0.3) is 0 Å². The standard InChI is InChI=1S/C21H29N7O2/c1-15(29)23-16-2-4-17(5-3-16)24-19-14-20(26-21(22)25-19)28-8-6-18(7-9-28)27-10-12-30-13-11-27/h2-5,14,18H,6-13H2,1H3,(H,23,29)(H3,22,24,25,26). The molecule has 0 atom stereocenters. The Labute approximate surface area is 176 Å². The molecule has 30 heavy (non-hydrogen) atoms. The highest BCUT2D eigenvalue weighted by Crippen LogP contribution is 2.25. The first-order valence-electron chi connectivity index (χ1n) is 10.4. The summed E-state index contributed by atoms with van der Waals surface area (Å²) in [6.07, 6.45) is 2.22. The molecule has 1 aromatic carbocycles. The molecule has 2 aromatic rings. The summed E-state index contributed by atoms with van der Waals surface area (Å²) < 4.78 is 5.47. The van der Waals surface area contributed by atoms with Crippen LogP contribution in [-0.2, 0) is 9.53 Å². The van der Waals surface area contributed by atoms with Gasteiger partial charge in [-0.2, -0.15) is 9.97 Å². The molecule has 3 heterocycles. The number of nitrogen functional groups attached to an aromatic ring is 1. The normalized spacial score (nSPS) is 18.2. The molecule has 1 amide bonds. The van der Waals surface area contributed by atoms with Crippen molar-refractivity contribution in [2.45, 2.75) is 25.8 Å². The van der Waals surface area contributed by atoms with E-state index >= 15 is 0 Å². The lowest BCUT2D eigenvalue weighted by Crippen LogP contribution is -2.49. The summed E-state index contributed by atoms with van der Waals surface area (Å²) in [6.45, 7) is 7.11. The SMILES string of the molecule is CC(=O)Nc1ccc(Nc2cc(N3CCC(N4CCOCC4)CC3)nc(N)n2)cc1. The first-order chi connectivity index (χ1) is 14.6. The van der Waals surface area contributed by atoms with Crippen LogP contribution >= 0.6 is 0 Å². The van der Waals surface area contributed by atoms with Gasteiger partial charge >= 0.3 is 0 Å². The maximum atomic E-state index is 11.2. The van der Waals surface area contributed by atoms with Gasteiger partial charge in [-0.25, -0.2) is 0 Å². The average Bonchev–Trinajstić information content (AvgIpc) is 2.75. The summed E-state index contributed by atoms with van der Waals surface area (Å²) in [5.74, 6) is 1.65. The van der Waals surface area contributed by atoms with Gasteiger partial charge in [0.05, 0.1) is 13.2 Å². The van der Waals surface area contributed by atoms with Crippen molar-refractivity contribution in [1.29, 1.82) is 0 Å². The number of benzene rings is 1. The second-order valence-electron chi connectivity index (χ2n) is 7.72. The zero-order chi connectivity index (χ0) is 20.9. The van der Waals surface area contributed by atoms with Crippen LogP contribution in [0.5, 0.6) is 0 Å². The molecule has 0 aliphatic carbocycles. The molecule has 0 saturated carbocycles. The van der Waals surface area contributed by atoms with Crippen molar-refractivity contribution in [2.75, 3.05) is 60.7 Å². The van der Waals surface area contributed by atoms with Crippen LogP contribution in [-0.4, -0.2) is 66.2 Å². The molecule has 9 nitrogen and oxygen atoms in total. The van der Waals surface area contributed by atoms with E-state index in [1.165, 1.54) is 6.92 Å². The highest BCUT2D eigenvalue weighted by molar-refractivity contribution is 5.88. The van der Waals surface area contributed by atoms with Gasteiger partial charge in [-0.1, -0.05) is 0 Å². The number of morpholine rings is 1. The van der Waals surface area contributed by atoms with E-state index in [4.69, 9.17) is 10.5 Å². The van der Waals surface area contributed by atoms with Crippen LogP contribution in [0.4, 0.5) is 29.0 Å². The van der Waals surface area contributed by atoms with Crippen LogP contribution in [0, 0.1) is 0 Å². The van der Waals surface area contributed by atoms with E-state index in [0.29, 0.717) is 11.9 Å². The minimum absolute atomic E-state index is 0.0960. The summed E-state index contributed by atoms with van der Waals surface area (Å²) in [6, 6.07) is 10.0. The van der Waals surface area contributed by atoms with Gasteiger partial charge in [0, 0.05) is 56.6 Å². The minimum atomic E-state index is -0.0960. The number of carbonyl (C=O) groups is 1. The van der Waals surface area contributed by atoms with Crippen molar-refractivity contribution in [3.8, 4) is 0 Å². The maximum Gasteiger partial charge on any atom is 0.223 e. The molecule has 2 saturated heterocycles. The Morgan fingerprint density at radius 1 is 1.07 bits per heavy atom. The third-order valence-electron chi connectivity index (χ3n) is 5.56. The van der Waals surface area contributed by atoms with E-state index in [0.717, 1.165) is 69.4 Å². The molecule has 2 aliphatic rings. The van der Waals surface area contributed by atoms with Crippen molar-refractivity contribution in [2.24, 2.45) is 0 Å². The first kappa shape index (κ1) is 20.4. The summed E-state index contributed by atoms with van der Waals surface area (Å²) in [7, 11) is 0. The van der Waals surface area contributed by atoms with Gasteiger partial charge in [0.1, 0.15) is 11.6 Å². The van der Waals surface area contributed by atoms with Crippen molar-refractivity contribution in [1.82, 2.24) is 14.9 Å². The van der Waals surface area contributed by atoms with Gasteiger partial charge in [0.15, 0.2) is 0 Å². The molecular formula is C21H29N7O2. The predicted molar refractivity (Wildman–Crippen MR) is 118 cm³/mol. The number of rotatable bonds is 5. The van der Waals surface area contributed by atoms with Gasteiger partial charge < -0.3 is 26.0 Å². The Morgan fingerprint density at radius 2 is 1.73 bits per heavy atom. The predicted octanol–water partition coefficient (Wildman–Crippen LogP) is 2.06. The number of nitrogens with two attached hydrogens (primary N) is 1. The summed E-state index contributed by atoms with van der Waals surface area (Å²) in [5.41, 5.74) is 7.59. The van der Waals surface area contributed by atoms with Crippen LogP contribution < -0.4 is 21.3 Å². The Morgan fingerprint density at radius 3 is 2.40 bits per heavy atom. The second kappa shape index (κ2) is 9.27. The summed E-state index contributed by atoms with van der Waals surface area (Å²) in [4.78, 5) is 24.8. The first-order valence-corrected chi connectivity index (χ1v) is 10.4. The van der Waals surface area contributed by atoms with Crippen LogP contribution in [0.3, 0.4) is 0 Å². The topological polar surface area (TPSA) is 109 Å². The fourth-order valence-corrected chi connectivity index (χ4v) is 4.07. The van der Waals surface area contributed by atoms with Crippen molar-refractivity contribution in [3.05, 3.63) is 30.3 Å². The van der Waals surface area contributed by atoms with Gasteiger partial charge in [0.2, 0.25) is 11.9 Å². The Balaban J connectivity index is 1.39. The fourth-order valence-electron chi connectivity index (χ4n) is 4.07. The molecule has 9 heteroatoms. The van der Waals surface area contributed by atoms with Crippen LogP contribution in [0.1, 0.15) is 19.8 Å². The monoisotopic (exact) mass is 411 g/mol. The Bertz CT molecular complexity index is 860. The van der Waals surface area contributed by atoms with Crippen molar-refractivity contribution < 1.29 is 9.53 Å². The number of anilines is 5. The van der Waals surface area contributed by atoms with E-state index in [9.17, 15) is 4.79 Å². The molecule has 2 fully saturated rings. The smallest absolute Gasteiger partial charge is 0.223 e. The lowest BCUT2D eigenvalue weighted by Gasteiger charge is -2.40. The highest BCUT2D eigenvalue weighted by atomic mass is 16.5. The molecule has 160 valence electrons. The van der Waals surface area contributed by atoms with E-state index in [-0.39, 0.29) is 11.9 Å². The van der Waals surface area contributed by atoms with Crippen molar-refractivity contribution in [3.63, 3.8) is 0 Å². The lowest BCUT2D eigenvalue weighted by molar-refractivity contribution is -0.114. The molecule has 0 bridgehead atoms. The van der Waals surface area contributed by atoms with Crippen LogP contribution in [0.15, 0.2) is 30.3 Å². The summed E-state index contributed by atoms with van der Waals surface area (Å²) in [5, 5.41) is 6.03. The largest absolute Gasteiger partial charge is 0.379 e. The molecule has 4 rings (SSSR count). The fraction of sp³-hybridized carbons (Fsp3) is 0.476. The zero-order valence-corrected chi connectivity index (χ0v) is 17.3. The van der Waals surface area contributed by atoms with E-state index in [2.05, 4.69) is 30.4 Å². The third kappa shape index (κ3) is 5.17. The Kier molecular flexibility index (Phi) is 6.29. The number of ether oxygens (including phenoxy) is 1. The molecule has 4 N–H and O–H groups in total. The third-order valence-corrected chi connectivity index (χ3v) is 5.56. The maximum absolute atomic E-state index is 11.2. The molecule has 1 aromatic heterocycles. The average molecular weight is 412 g/mol. The van der Waals surface area contributed by atoms with Gasteiger partial charge in [-0.05, 0) is 37.1 Å². The van der Waals surface area contributed by atoms with Gasteiger partial charge in [-0.3, -0.25) is 9.69 Å². The number of nitrogens with zero attached hydrogens (tertiary/aromatic N) is 4.